The summed E-state index contributed by atoms with van der Waals surface area (Å²) in [5, 5.41) is 0. The predicted octanol–water partition coefficient (Wildman–Crippen LogP) is 3.92. The highest BCUT2D eigenvalue weighted by molar-refractivity contribution is 6.18. The average Bonchev–Trinajstić information content (AvgIpc) is 2.86. The maximum atomic E-state index is 5.90. The van der Waals surface area contributed by atoms with Gasteiger partial charge in [-0.05, 0) is 42.0 Å². The first-order chi connectivity index (χ1) is 9.49. The highest BCUT2D eigenvalue weighted by Crippen LogP contribution is 2.24. The van der Waals surface area contributed by atoms with Gasteiger partial charge in [-0.2, -0.15) is 0 Å². The van der Waals surface area contributed by atoms with Crippen LogP contribution in [0.5, 0.6) is 5.75 Å². The zero-order valence-electron chi connectivity index (χ0n) is 12.9. The molecule has 0 spiro atoms. The topological polar surface area (TPSA) is 12.5 Å². The van der Waals surface area contributed by atoms with E-state index in [2.05, 4.69) is 49.9 Å². The second-order valence-corrected chi connectivity index (χ2v) is 7.04. The third-order valence-corrected chi connectivity index (χ3v) is 4.42. The van der Waals surface area contributed by atoms with Crippen LogP contribution in [0, 0.1) is 5.92 Å². The number of nitrogens with zero attached hydrogens (tertiary/aromatic N) is 1. The van der Waals surface area contributed by atoms with Crippen LogP contribution < -0.4 is 4.74 Å². The lowest BCUT2D eigenvalue weighted by Gasteiger charge is -2.19. The third kappa shape index (κ3) is 4.39. The number of rotatable bonds is 5. The Bertz CT molecular complexity index is 410. The first kappa shape index (κ1) is 15.7. The maximum absolute atomic E-state index is 5.90. The lowest BCUT2D eigenvalue weighted by atomic mass is 9.87. The van der Waals surface area contributed by atoms with Crippen LogP contribution >= 0.6 is 11.6 Å². The fourth-order valence-corrected chi connectivity index (χ4v) is 2.84. The third-order valence-electron chi connectivity index (χ3n) is 3.98. The number of alkyl halides is 1. The second kappa shape index (κ2) is 6.82. The molecule has 2 rings (SSSR count). The van der Waals surface area contributed by atoms with Crippen LogP contribution in [-0.4, -0.2) is 37.0 Å². The average molecular weight is 296 g/mol. The maximum Gasteiger partial charge on any atom is 0.119 e. The van der Waals surface area contributed by atoms with Crippen molar-refractivity contribution in [2.24, 2.45) is 5.92 Å². The van der Waals surface area contributed by atoms with Gasteiger partial charge in [-0.25, -0.2) is 0 Å². The monoisotopic (exact) mass is 295 g/mol. The van der Waals surface area contributed by atoms with E-state index in [9.17, 15) is 0 Å². The van der Waals surface area contributed by atoms with Gasteiger partial charge in [-0.15, -0.1) is 11.6 Å². The Morgan fingerprint density at radius 2 is 1.95 bits per heavy atom. The summed E-state index contributed by atoms with van der Waals surface area (Å²) in [5.74, 6) is 2.42. The quantitative estimate of drug-likeness (QED) is 0.763. The van der Waals surface area contributed by atoms with Crippen LogP contribution in [0.3, 0.4) is 0 Å². The second-order valence-electron chi connectivity index (χ2n) is 6.73. The van der Waals surface area contributed by atoms with Crippen molar-refractivity contribution in [3.63, 3.8) is 0 Å². The van der Waals surface area contributed by atoms with Crippen molar-refractivity contribution >= 4 is 11.6 Å². The van der Waals surface area contributed by atoms with Crippen molar-refractivity contribution in [1.29, 1.82) is 0 Å². The fraction of sp³-hybridized carbons (Fsp3) is 0.647. The van der Waals surface area contributed by atoms with Gasteiger partial charge in [-0.3, -0.25) is 4.90 Å². The molecule has 1 saturated heterocycles. The van der Waals surface area contributed by atoms with E-state index in [0.29, 0.717) is 5.92 Å². The van der Waals surface area contributed by atoms with Crippen molar-refractivity contribution in [2.45, 2.75) is 32.6 Å². The molecule has 0 N–H and O–H groups in total. The van der Waals surface area contributed by atoms with Crippen molar-refractivity contribution in [3.8, 4) is 5.75 Å². The summed E-state index contributed by atoms with van der Waals surface area (Å²) < 4.78 is 5.83. The predicted molar refractivity (Wildman–Crippen MR) is 85.9 cm³/mol. The van der Waals surface area contributed by atoms with E-state index in [4.69, 9.17) is 16.3 Å². The van der Waals surface area contributed by atoms with Crippen LogP contribution in [0.2, 0.25) is 0 Å². The summed E-state index contributed by atoms with van der Waals surface area (Å²) in [6.07, 6.45) is 1.23. The number of hydrogen-bond acceptors (Lipinski definition) is 2. The van der Waals surface area contributed by atoms with Crippen molar-refractivity contribution < 1.29 is 4.74 Å². The molecule has 0 radical (unpaired) electrons. The molecule has 1 aliphatic heterocycles. The lowest BCUT2D eigenvalue weighted by Crippen LogP contribution is -2.26. The van der Waals surface area contributed by atoms with Crippen molar-refractivity contribution in [1.82, 2.24) is 4.90 Å². The molecule has 1 atom stereocenters. The van der Waals surface area contributed by atoms with E-state index in [1.54, 1.807) is 0 Å². The molecule has 0 aromatic heterocycles. The van der Waals surface area contributed by atoms with E-state index < -0.39 is 0 Å². The summed E-state index contributed by atoms with van der Waals surface area (Å²) in [7, 11) is 0. The zero-order valence-corrected chi connectivity index (χ0v) is 13.6. The molecular formula is C17H26ClNO. The van der Waals surface area contributed by atoms with Crippen LogP contribution in [0.4, 0.5) is 0 Å². The Labute approximate surface area is 128 Å². The molecule has 1 fully saturated rings. The normalized spacial score (nSPS) is 20.3. The van der Waals surface area contributed by atoms with E-state index in [0.717, 1.165) is 37.9 Å². The number of halogens is 1. The molecule has 0 aliphatic carbocycles. The Morgan fingerprint density at radius 3 is 2.50 bits per heavy atom. The molecule has 1 heterocycles. The van der Waals surface area contributed by atoms with Gasteiger partial charge in [0.2, 0.25) is 0 Å². The molecule has 2 nitrogen and oxygen atoms in total. The first-order valence-electron chi connectivity index (χ1n) is 7.50. The lowest BCUT2D eigenvalue weighted by molar-refractivity contribution is 0.234. The minimum atomic E-state index is 0.199. The Morgan fingerprint density at radius 1 is 1.25 bits per heavy atom. The molecule has 0 bridgehead atoms. The molecular weight excluding hydrogens is 270 g/mol. The van der Waals surface area contributed by atoms with E-state index in [-0.39, 0.29) is 5.41 Å². The van der Waals surface area contributed by atoms with Gasteiger partial charge in [0.1, 0.15) is 12.4 Å². The van der Waals surface area contributed by atoms with Crippen LogP contribution in [0.15, 0.2) is 24.3 Å². The Kier molecular flexibility index (Phi) is 5.34. The van der Waals surface area contributed by atoms with Gasteiger partial charge in [-0.1, -0.05) is 32.9 Å². The fourth-order valence-electron chi connectivity index (χ4n) is 2.59. The van der Waals surface area contributed by atoms with Gasteiger partial charge in [0.15, 0.2) is 0 Å². The minimum absolute atomic E-state index is 0.199. The number of benzene rings is 1. The standard InChI is InChI=1S/C17H26ClNO/c1-17(2,3)15-4-6-16(7-5-15)20-11-10-19-9-8-14(12-18)13-19/h4-7,14H,8-13H2,1-3H3/t14-/m1/s1. The summed E-state index contributed by atoms with van der Waals surface area (Å²) in [6, 6.07) is 8.47. The van der Waals surface area contributed by atoms with Gasteiger partial charge in [0, 0.05) is 19.0 Å². The van der Waals surface area contributed by atoms with Gasteiger partial charge < -0.3 is 4.74 Å². The molecule has 1 aromatic carbocycles. The molecule has 0 unspecified atom stereocenters. The minimum Gasteiger partial charge on any atom is -0.492 e. The van der Waals surface area contributed by atoms with Crippen LogP contribution in [0.1, 0.15) is 32.8 Å². The molecule has 0 amide bonds. The zero-order chi connectivity index (χ0) is 14.6. The summed E-state index contributed by atoms with van der Waals surface area (Å²) in [4.78, 5) is 2.44. The van der Waals surface area contributed by atoms with Gasteiger partial charge in [0.25, 0.3) is 0 Å². The number of hydrogen-bond donors (Lipinski definition) is 0. The van der Waals surface area contributed by atoms with E-state index in [1.165, 1.54) is 12.0 Å². The molecule has 20 heavy (non-hydrogen) atoms. The molecule has 1 aromatic rings. The summed E-state index contributed by atoms with van der Waals surface area (Å²) in [6.45, 7) is 10.7. The summed E-state index contributed by atoms with van der Waals surface area (Å²) in [5.41, 5.74) is 1.54. The van der Waals surface area contributed by atoms with Gasteiger partial charge in [0.05, 0.1) is 0 Å². The smallest absolute Gasteiger partial charge is 0.119 e. The van der Waals surface area contributed by atoms with E-state index in [1.807, 2.05) is 0 Å². The van der Waals surface area contributed by atoms with Crippen LogP contribution in [-0.2, 0) is 5.41 Å². The SMILES string of the molecule is CC(C)(C)c1ccc(OCCN2CC[C@H](CCl)C2)cc1. The Hall–Kier alpha value is -0.730. The number of ether oxygens (including phenoxy) is 1. The Balaban J connectivity index is 1.75. The van der Waals surface area contributed by atoms with Crippen molar-refractivity contribution in [3.05, 3.63) is 29.8 Å². The molecule has 112 valence electrons. The molecule has 3 heteroatoms. The first-order valence-corrected chi connectivity index (χ1v) is 8.04. The van der Waals surface area contributed by atoms with E-state index >= 15 is 0 Å². The van der Waals surface area contributed by atoms with Gasteiger partial charge >= 0.3 is 0 Å². The highest BCUT2D eigenvalue weighted by Gasteiger charge is 2.21. The number of likely N-dealkylation sites (tertiary alicyclic amines) is 1. The van der Waals surface area contributed by atoms with Crippen molar-refractivity contribution in [2.75, 3.05) is 32.1 Å². The highest BCUT2D eigenvalue weighted by atomic mass is 35.5. The summed E-state index contributed by atoms with van der Waals surface area (Å²) >= 11 is 5.90. The molecule has 1 aliphatic rings. The molecule has 0 saturated carbocycles. The largest absolute Gasteiger partial charge is 0.492 e. The van der Waals surface area contributed by atoms with Crippen LogP contribution in [0.25, 0.3) is 0 Å².